The molecule has 2 atom stereocenters. The zero-order chi connectivity index (χ0) is 21.8. The van der Waals surface area contributed by atoms with Crippen LogP contribution in [0.5, 0.6) is 0 Å². The van der Waals surface area contributed by atoms with Crippen molar-refractivity contribution in [1.29, 1.82) is 0 Å². The zero-order valence-electron chi connectivity index (χ0n) is 18.6. The maximum Gasteiger partial charge on any atom is 0.330 e. The van der Waals surface area contributed by atoms with Crippen molar-refractivity contribution < 1.29 is 18.7 Å². The number of hydrogen-bond donors (Lipinski definition) is 0. The molecule has 0 aromatic heterocycles. The Balaban J connectivity index is 2.13. The van der Waals surface area contributed by atoms with Gasteiger partial charge < -0.3 is 13.9 Å². The van der Waals surface area contributed by atoms with Crippen molar-refractivity contribution in [2.45, 2.75) is 51.4 Å². The molecule has 0 spiro atoms. The van der Waals surface area contributed by atoms with E-state index in [-0.39, 0.29) is 17.1 Å². The number of hydrogen-bond acceptors (Lipinski definition) is 4. The minimum atomic E-state index is -2.76. The summed E-state index contributed by atoms with van der Waals surface area (Å²) in [6.45, 7) is 11.5. The number of benzene rings is 2. The summed E-state index contributed by atoms with van der Waals surface area (Å²) >= 11 is 0. The second-order valence-electron chi connectivity index (χ2n) is 8.91. The maximum atomic E-state index is 12.0. The standard InChI is InChI=1S/C25H32O4Si/c1-6-27-23(26)18-17-22(25(5)19-28-25)29-30(24(2,3)4,20-13-9-7-10-14-20)21-15-11-8-12-16-21/h7-18,22H,6,19H2,1-5H3/b18-17+/t22-,25-/m1/s1. The first-order valence-electron chi connectivity index (χ1n) is 10.5. The van der Waals surface area contributed by atoms with Crippen LogP contribution in [-0.2, 0) is 18.7 Å². The first kappa shape index (κ1) is 22.5. The fraction of sp³-hybridized carbons (Fsp3) is 0.400. The van der Waals surface area contributed by atoms with E-state index in [1.165, 1.54) is 16.4 Å². The minimum Gasteiger partial charge on any atom is -0.463 e. The molecule has 4 nitrogen and oxygen atoms in total. The van der Waals surface area contributed by atoms with Crippen LogP contribution >= 0.6 is 0 Å². The Hall–Kier alpha value is -2.21. The second kappa shape index (κ2) is 8.88. The predicted octanol–water partition coefficient (Wildman–Crippen LogP) is 3.84. The molecule has 2 aromatic carbocycles. The lowest BCUT2D eigenvalue weighted by Gasteiger charge is -2.45. The Bertz CT molecular complexity index is 828. The van der Waals surface area contributed by atoms with Crippen LogP contribution < -0.4 is 10.4 Å². The van der Waals surface area contributed by atoms with E-state index in [0.717, 1.165) is 0 Å². The molecule has 160 valence electrons. The quantitative estimate of drug-likeness (QED) is 0.280. The number of rotatable bonds is 8. The lowest BCUT2D eigenvalue weighted by Crippen LogP contribution is -2.68. The fourth-order valence-electron chi connectivity index (χ4n) is 3.88. The van der Waals surface area contributed by atoms with Crippen molar-refractivity contribution in [3.8, 4) is 0 Å². The van der Waals surface area contributed by atoms with Gasteiger partial charge in [0.05, 0.1) is 19.3 Å². The van der Waals surface area contributed by atoms with E-state index >= 15 is 0 Å². The molecule has 1 heterocycles. The molecule has 0 radical (unpaired) electrons. The van der Waals surface area contributed by atoms with Crippen LogP contribution in [0.25, 0.3) is 0 Å². The van der Waals surface area contributed by atoms with Crippen molar-refractivity contribution in [3.05, 3.63) is 72.8 Å². The maximum absolute atomic E-state index is 12.0. The third-order valence-corrected chi connectivity index (χ3v) is 10.6. The smallest absolute Gasteiger partial charge is 0.330 e. The van der Waals surface area contributed by atoms with Gasteiger partial charge in [-0.1, -0.05) is 81.4 Å². The number of carbonyl (C=O) groups excluding carboxylic acids is 1. The Morgan fingerprint density at radius 3 is 2.00 bits per heavy atom. The van der Waals surface area contributed by atoms with E-state index in [0.29, 0.717) is 13.2 Å². The average Bonchev–Trinajstić information content (AvgIpc) is 3.47. The van der Waals surface area contributed by atoms with E-state index in [9.17, 15) is 4.79 Å². The van der Waals surface area contributed by atoms with Crippen molar-refractivity contribution in [2.24, 2.45) is 0 Å². The normalized spacial score (nSPS) is 20.2. The van der Waals surface area contributed by atoms with E-state index in [2.05, 4.69) is 69.3 Å². The van der Waals surface area contributed by atoms with E-state index in [1.807, 2.05) is 25.1 Å². The molecule has 1 aliphatic heterocycles. The molecule has 1 aliphatic rings. The van der Waals surface area contributed by atoms with Gasteiger partial charge >= 0.3 is 5.97 Å². The molecule has 5 heteroatoms. The highest BCUT2D eigenvalue weighted by Gasteiger charge is 2.56. The van der Waals surface area contributed by atoms with Gasteiger partial charge in [0, 0.05) is 6.08 Å². The molecular formula is C25H32O4Si. The molecule has 0 saturated carbocycles. The molecule has 1 saturated heterocycles. The zero-order valence-corrected chi connectivity index (χ0v) is 19.6. The van der Waals surface area contributed by atoms with Gasteiger partial charge in [-0.05, 0) is 35.3 Å². The van der Waals surface area contributed by atoms with Gasteiger partial charge in [0.2, 0.25) is 0 Å². The average molecular weight is 425 g/mol. The Morgan fingerprint density at radius 1 is 1.10 bits per heavy atom. The molecular weight excluding hydrogens is 392 g/mol. The van der Waals surface area contributed by atoms with Gasteiger partial charge in [-0.2, -0.15) is 0 Å². The summed E-state index contributed by atoms with van der Waals surface area (Å²) in [5.74, 6) is -0.363. The van der Waals surface area contributed by atoms with Crippen LogP contribution in [0.15, 0.2) is 72.8 Å². The highest BCUT2D eigenvalue weighted by atomic mass is 28.4. The van der Waals surface area contributed by atoms with Gasteiger partial charge in [0.25, 0.3) is 8.32 Å². The van der Waals surface area contributed by atoms with Crippen molar-refractivity contribution >= 4 is 24.7 Å². The SMILES string of the molecule is CCOC(=O)/C=C/[C@@H](O[Si](c1ccccc1)(c1ccccc1)C(C)(C)C)[C@@]1(C)CO1. The summed E-state index contributed by atoms with van der Waals surface area (Å²) in [5.41, 5.74) is -0.448. The molecule has 1 fully saturated rings. The second-order valence-corrected chi connectivity index (χ2v) is 13.2. The predicted molar refractivity (Wildman–Crippen MR) is 123 cm³/mol. The fourth-order valence-corrected chi connectivity index (χ4v) is 8.61. The molecule has 0 N–H and O–H groups in total. The summed E-state index contributed by atoms with van der Waals surface area (Å²) in [4.78, 5) is 12.0. The van der Waals surface area contributed by atoms with Crippen molar-refractivity contribution in [1.82, 2.24) is 0 Å². The van der Waals surface area contributed by atoms with Crippen LogP contribution in [0.1, 0.15) is 34.6 Å². The minimum absolute atomic E-state index is 0.156. The molecule has 0 aliphatic carbocycles. The van der Waals surface area contributed by atoms with Crippen LogP contribution in [-0.4, -0.2) is 39.2 Å². The summed E-state index contributed by atoms with van der Waals surface area (Å²) in [5, 5.41) is 2.24. The summed E-state index contributed by atoms with van der Waals surface area (Å²) in [7, 11) is -2.76. The molecule has 2 aromatic rings. The van der Waals surface area contributed by atoms with Gasteiger partial charge in [-0.15, -0.1) is 0 Å². The summed E-state index contributed by atoms with van der Waals surface area (Å²) < 4.78 is 18.0. The lowest BCUT2D eigenvalue weighted by molar-refractivity contribution is -0.137. The van der Waals surface area contributed by atoms with E-state index < -0.39 is 13.9 Å². The molecule has 30 heavy (non-hydrogen) atoms. The highest BCUT2D eigenvalue weighted by molar-refractivity contribution is 6.99. The Morgan fingerprint density at radius 2 is 1.60 bits per heavy atom. The number of epoxide rings is 1. The summed E-state index contributed by atoms with van der Waals surface area (Å²) in [6.07, 6.45) is 2.91. The summed E-state index contributed by atoms with van der Waals surface area (Å²) in [6, 6.07) is 20.9. The van der Waals surface area contributed by atoms with Crippen LogP contribution in [0.3, 0.4) is 0 Å². The monoisotopic (exact) mass is 424 g/mol. The van der Waals surface area contributed by atoms with E-state index in [4.69, 9.17) is 13.9 Å². The van der Waals surface area contributed by atoms with Gasteiger partial charge in [-0.25, -0.2) is 4.79 Å². The Labute approximate surface area is 181 Å². The number of ether oxygens (including phenoxy) is 2. The van der Waals surface area contributed by atoms with Gasteiger partial charge in [-0.3, -0.25) is 0 Å². The topological polar surface area (TPSA) is 48.1 Å². The number of esters is 1. The van der Waals surface area contributed by atoms with E-state index in [1.54, 1.807) is 6.92 Å². The molecule has 0 amide bonds. The van der Waals surface area contributed by atoms with Crippen molar-refractivity contribution in [3.63, 3.8) is 0 Å². The van der Waals surface area contributed by atoms with Gasteiger partial charge in [0.1, 0.15) is 5.60 Å². The largest absolute Gasteiger partial charge is 0.463 e. The highest BCUT2D eigenvalue weighted by Crippen LogP contribution is 2.41. The van der Waals surface area contributed by atoms with Crippen LogP contribution in [0, 0.1) is 0 Å². The molecule has 3 rings (SSSR count). The molecule has 0 bridgehead atoms. The molecule has 0 unspecified atom stereocenters. The van der Waals surface area contributed by atoms with Crippen LogP contribution in [0.2, 0.25) is 5.04 Å². The Kier molecular flexibility index (Phi) is 6.65. The third-order valence-electron chi connectivity index (χ3n) is 5.62. The first-order valence-corrected chi connectivity index (χ1v) is 12.4. The third kappa shape index (κ3) is 4.58. The number of carbonyl (C=O) groups is 1. The van der Waals surface area contributed by atoms with Gasteiger partial charge in [0.15, 0.2) is 0 Å². The first-order chi connectivity index (χ1) is 14.2. The van der Waals surface area contributed by atoms with Crippen molar-refractivity contribution in [2.75, 3.05) is 13.2 Å². The van der Waals surface area contributed by atoms with Crippen LogP contribution in [0.4, 0.5) is 0 Å². The lowest BCUT2D eigenvalue weighted by atomic mass is 10.1.